The van der Waals surface area contributed by atoms with Gasteiger partial charge < -0.3 is 24.8 Å². The predicted octanol–water partition coefficient (Wildman–Crippen LogP) is 2.63. The number of urea groups is 1. The Labute approximate surface area is 175 Å². The van der Waals surface area contributed by atoms with Gasteiger partial charge in [0.1, 0.15) is 5.82 Å². The molecule has 3 heterocycles. The van der Waals surface area contributed by atoms with E-state index in [1.165, 1.54) is 0 Å². The number of benzene rings is 1. The molecule has 2 amide bonds. The molecular formula is C20H25ClN6O2. The van der Waals surface area contributed by atoms with E-state index in [-0.39, 0.29) is 6.03 Å². The Morgan fingerprint density at radius 2 is 1.69 bits per heavy atom. The van der Waals surface area contributed by atoms with Crippen molar-refractivity contribution in [2.24, 2.45) is 0 Å². The number of ether oxygens (including phenoxy) is 1. The minimum absolute atomic E-state index is 0.105. The maximum absolute atomic E-state index is 12.5. The molecule has 0 aliphatic carbocycles. The van der Waals surface area contributed by atoms with E-state index in [0.29, 0.717) is 31.2 Å². The van der Waals surface area contributed by atoms with E-state index in [1.807, 2.05) is 17.9 Å². The molecule has 0 unspecified atom stereocenters. The van der Waals surface area contributed by atoms with Gasteiger partial charge in [-0.15, -0.1) is 0 Å². The second-order valence-corrected chi connectivity index (χ2v) is 7.61. The topological polar surface area (TPSA) is 73.8 Å². The summed E-state index contributed by atoms with van der Waals surface area (Å²) in [5.74, 6) is 1.67. The maximum atomic E-state index is 12.5. The molecule has 9 heteroatoms. The smallest absolute Gasteiger partial charge is 0.321 e. The summed E-state index contributed by atoms with van der Waals surface area (Å²) in [5.41, 5.74) is 1.68. The molecule has 0 bridgehead atoms. The van der Waals surface area contributed by atoms with Crippen LogP contribution in [0.4, 0.5) is 22.2 Å². The summed E-state index contributed by atoms with van der Waals surface area (Å²) in [4.78, 5) is 28.1. The summed E-state index contributed by atoms with van der Waals surface area (Å²) in [7, 11) is 0. The number of carbonyl (C=O) groups is 1. The first-order valence-corrected chi connectivity index (χ1v) is 10.2. The highest BCUT2D eigenvalue weighted by atomic mass is 35.5. The predicted molar refractivity (Wildman–Crippen MR) is 114 cm³/mol. The number of amides is 2. The molecule has 2 aromatic rings. The fraction of sp³-hybridized carbons (Fsp3) is 0.450. The van der Waals surface area contributed by atoms with E-state index >= 15 is 0 Å². The number of aryl methyl sites for hydroxylation is 1. The number of carbonyl (C=O) groups excluding carboxylic acids is 1. The van der Waals surface area contributed by atoms with Gasteiger partial charge in [0, 0.05) is 61.7 Å². The number of anilines is 3. The summed E-state index contributed by atoms with van der Waals surface area (Å²) < 4.78 is 5.44. The molecular weight excluding hydrogens is 392 g/mol. The molecule has 1 N–H and O–H groups in total. The zero-order valence-electron chi connectivity index (χ0n) is 16.5. The number of hydrogen-bond acceptors (Lipinski definition) is 6. The molecule has 4 rings (SSSR count). The summed E-state index contributed by atoms with van der Waals surface area (Å²) >= 11 is 5.89. The van der Waals surface area contributed by atoms with Gasteiger partial charge in [0.05, 0.1) is 13.2 Å². The number of nitrogens with one attached hydrogen (secondary N) is 1. The first kappa shape index (κ1) is 19.7. The van der Waals surface area contributed by atoms with Crippen LogP contribution < -0.4 is 15.1 Å². The van der Waals surface area contributed by atoms with E-state index in [0.717, 1.165) is 49.5 Å². The summed E-state index contributed by atoms with van der Waals surface area (Å²) in [5, 5.41) is 3.56. The quantitative estimate of drug-likeness (QED) is 0.829. The lowest BCUT2D eigenvalue weighted by Crippen LogP contribution is -2.50. The standard InChI is InChI=1S/C20H25ClN6O2/c1-15-14-18(25-10-12-29-13-11-25)24-19(22-15)26-6-8-27(9-7-26)20(28)23-17-4-2-16(21)3-5-17/h2-5,14H,6-13H2,1H3,(H,23,28). The van der Waals surface area contributed by atoms with E-state index in [2.05, 4.69) is 20.1 Å². The van der Waals surface area contributed by atoms with Crippen LogP contribution in [0.5, 0.6) is 0 Å². The summed E-state index contributed by atoms with van der Waals surface area (Å²) in [6, 6.07) is 9.03. The van der Waals surface area contributed by atoms with Gasteiger partial charge in [0.2, 0.25) is 5.95 Å². The minimum atomic E-state index is -0.105. The van der Waals surface area contributed by atoms with Crippen molar-refractivity contribution in [3.05, 3.63) is 41.0 Å². The van der Waals surface area contributed by atoms with Crippen molar-refractivity contribution in [3.63, 3.8) is 0 Å². The van der Waals surface area contributed by atoms with Crippen LogP contribution in [-0.4, -0.2) is 73.4 Å². The molecule has 2 saturated heterocycles. The van der Waals surface area contributed by atoms with Crippen molar-refractivity contribution < 1.29 is 9.53 Å². The Kier molecular flexibility index (Phi) is 6.01. The molecule has 2 aliphatic heterocycles. The average molecular weight is 417 g/mol. The zero-order valence-corrected chi connectivity index (χ0v) is 17.2. The van der Waals surface area contributed by atoms with E-state index < -0.39 is 0 Å². The van der Waals surface area contributed by atoms with E-state index in [1.54, 1.807) is 24.3 Å². The van der Waals surface area contributed by atoms with Crippen LogP contribution in [0.15, 0.2) is 30.3 Å². The number of rotatable bonds is 3. The molecule has 0 saturated carbocycles. The number of nitrogens with zero attached hydrogens (tertiary/aromatic N) is 5. The lowest BCUT2D eigenvalue weighted by atomic mass is 10.3. The monoisotopic (exact) mass is 416 g/mol. The van der Waals surface area contributed by atoms with Gasteiger partial charge in [-0.05, 0) is 31.2 Å². The molecule has 154 valence electrons. The Morgan fingerprint density at radius 3 is 2.38 bits per heavy atom. The largest absolute Gasteiger partial charge is 0.378 e. The van der Waals surface area contributed by atoms with E-state index in [9.17, 15) is 4.79 Å². The molecule has 0 spiro atoms. The van der Waals surface area contributed by atoms with Gasteiger partial charge >= 0.3 is 6.03 Å². The van der Waals surface area contributed by atoms with Crippen molar-refractivity contribution in [3.8, 4) is 0 Å². The lowest BCUT2D eigenvalue weighted by Gasteiger charge is -2.35. The Morgan fingerprint density at radius 1 is 1.00 bits per heavy atom. The zero-order chi connectivity index (χ0) is 20.2. The SMILES string of the molecule is Cc1cc(N2CCOCC2)nc(N2CCN(C(=O)Nc3ccc(Cl)cc3)CC2)n1. The number of morpholine rings is 1. The average Bonchev–Trinajstić information content (AvgIpc) is 2.75. The Hall–Kier alpha value is -2.58. The molecule has 29 heavy (non-hydrogen) atoms. The maximum Gasteiger partial charge on any atom is 0.321 e. The van der Waals surface area contributed by atoms with Gasteiger partial charge in [0.25, 0.3) is 0 Å². The lowest BCUT2D eigenvalue weighted by molar-refractivity contribution is 0.122. The minimum Gasteiger partial charge on any atom is -0.378 e. The third-order valence-corrected chi connectivity index (χ3v) is 5.36. The van der Waals surface area contributed by atoms with Crippen molar-refractivity contribution >= 4 is 35.1 Å². The van der Waals surface area contributed by atoms with Crippen molar-refractivity contribution in [1.29, 1.82) is 0 Å². The second-order valence-electron chi connectivity index (χ2n) is 7.18. The van der Waals surface area contributed by atoms with Crippen LogP contribution in [0, 0.1) is 6.92 Å². The number of halogens is 1. The van der Waals surface area contributed by atoms with Crippen LogP contribution in [0.3, 0.4) is 0 Å². The molecule has 0 atom stereocenters. The van der Waals surface area contributed by atoms with Gasteiger partial charge in [0.15, 0.2) is 0 Å². The first-order chi connectivity index (χ1) is 14.1. The van der Waals surface area contributed by atoms with Gasteiger partial charge in [-0.2, -0.15) is 4.98 Å². The normalized spacial score (nSPS) is 17.4. The molecule has 2 aliphatic rings. The summed E-state index contributed by atoms with van der Waals surface area (Å²) in [6.45, 7) is 7.74. The van der Waals surface area contributed by atoms with Crippen LogP contribution in [0.2, 0.25) is 5.02 Å². The molecule has 1 aromatic carbocycles. The molecule has 1 aromatic heterocycles. The number of aromatic nitrogens is 2. The molecule has 8 nitrogen and oxygen atoms in total. The van der Waals surface area contributed by atoms with E-state index in [4.69, 9.17) is 21.3 Å². The third-order valence-electron chi connectivity index (χ3n) is 5.11. The fourth-order valence-electron chi connectivity index (χ4n) is 3.48. The van der Waals surface area contributed by atoms with Crippen molar-refractivity contribution in [2.75, 3.05) is 67.6 Å². The first-order valence-electron chi connectivity index (χ1n) is 9.83. The van der Waals surface area contributed by atoms with Gasteiger partial charge in [-0.1, -0.05) is 11.6 Å². The van der Waals surface area contributed by atoms with Crippen LogP contribution in [0.1, 0.15) is 5.69 Å². The van der Waals surface area contributed by atoms with Crippen LogP contribution in [-0.2, 0) is 4.74 Å². The molecule has 0 radical (unpaired) electrons. The van der Waals surface area contributed by atoms with Gasteiger partial charge in [-0.25, -0.2) is 9.78 Å². The number of piperazine rings is 1. The van der Waals surface area contributed by atoms with Crippen molar-refractivity contribution in [1.82, 2.24) is 14.9 Å². The number of hydrogen-bond donors (Lipinski definition) is 1. The summed E-state index contributed by atoms with van der Waals surface area (Å²) in [6.07, 6.45) is 0. The van der Waals surface area contributed by atoms with Crippen molar-refractivity contribution in [2.45, 2.75) is 6.92 Å². The van der Waals surface area contributed by atoms with Crippen LogP contribution in [0.25, 0.3) is 0 Å². The third kappa shape index (κ3) is 4.89. The fourth-order valence-corrected chi connectivity index (χ4v) is 3.60. The highest BCUT2D eigenvalue weighted by Crippen LogP contribution is 2.20. The highest BCUT2D eigenvalue weighted by Gasteiger charge is 2.24. The highest BCUT2D eigenvalue weighted by molar-refractivity contribution is 6.30. The Bertz CT molecular complexity index is 849. The van der Waals surface area contributed by atoms with Crippen LogP contribution >= 0.6 is 11.6 Å². The Balaban J connectivity index is 1.37. The molecule has 2 fully saturated rings. The second kappa shape index (κ2) is 8.84. The van der Waals surface area contributed by atoms with Gasteiger partial charge in [-0.3, -0.25) is 0 Å².